The Bertz CT molecular complexity index is 407. The highest BCUT2D eigenvalue weighted by molar-refractivity contribution is 7.81. The minimum absolute atomic E-state index is 0.160. The van der Waals surface area contributed by atoms with Crippen molar-refractivity contribution in [2.45, 2.75) is 11.7 Å². The molecule has 4 nitrogen and oxygen atoms in total. The van der Waals surface area contributed by atoms with Crippen LogP contribution in [0.4, 0.5) is 0 Å². The van der Waals surface area contributed by atoms with Crippen LogP contribution in [-0.4, -0.2) is 42.9 Å². The van der Waals surface area contributed by atoms with Gasteiger partial charge in [-0.3, -0.25) is 4.79 Å². The molecule has 1 fully saturated rings. The Kier molecular flexibility index (Phi) is 4.36. The Morgan fingerprint density at radius 3 is 2.56 bits per heavy atom. The molecule has 1 aromatic rings. The first-order valence-corrected chi connectivity index (χ1v) is 6.43. The van der Waals surface area contributed by atoms with Gasteiger partial charge in [-0.1, -0.05) is 0 Å². The van der Waals surface area contributed by atoms with Crippen LogP contribution in [0.15, 0.2) is 24.3 Å². The fourth-order valence-electron chi connectivity index (χ4n) is 1.91. The summed E-state index contributed by atoms with van der Waals surface area (Å²) < 4.78 is 10.6. The molecule has 18 heavy (non-hydrogen) atoms. The first-order chi connectivity index (χ1) is 8.69. The van der Waals surface area contributed by atoms with E-state index < -0.39 is 0 Å². The number of rotatable bonds is 5. The highest BCUT2D eigenvalue weighted by atomic mass is 32.1. The maximum Gasteiger partial charge on any atom is 0.223 e. The normalized spacial score (nSPS) is 19.1. The molecule has 1 aliphatic heterocycles. The fourth-order valence-corrected chi connectivity index (χ4v) is 2.27. The fraction of sp³-hybridized carbons (Fsp3) is 0.462. The van der Waals surface area contributed by atoms with Gasteiger partial charge in [-0.15, -0.1) is 0 Å². The van der Waals surface area contributed by atoms with Gasteiger partial charge in [0.2, 0.25) is 5.91 Å². The number of hydrogen-bond donors (Lipinski definition) is 1. The van der Waals surface area contributed by atoms with Gasteiger partial charge in [-0.05, 0) is 24.3 Å². The summed E-state index contributed by atoms with van der Waals surface area (Å²) in [6.45, 7) is 1.83. The van der Waals surface area contributed by atoms with E-state index in [0.29, 0.717) is 26.1 Å². The molecule has 1 heterocycles. The van der Waals surface area contributed by atoms with Crippen LogP contribution in [0.1, 0.15) is 6.42 Å². The maximum atomic E-state index is 11.5. The molecule has 0 spiro atoms. The summed E-state index contributed by atoms with van der Waals surface area (Å²) in [5.41, 5.74) is 0. The molecule has 1 unspecified atom stereocenters. The van der Waals surface area contributed by atoms with Crippen molar-refractivity contribution in [1.29, 1.82) is 0 Å². The summed E-state index contributed by atoms with van der Waals surface area (Å²) in [5.74, 6) is 1.74. The zero-order valence-electron chi connectivity index (χ0n) is 10.3. The molecule has 1 saturated heterocycles. The van der Waals surface area contributed by atoms with Gasteiger partial charge in [-0.2, -0.15) is 12.6 Å². The number of ether oxygens (including phenoxy) is 2. The third-order valence-corrected chi connectivity index (χ3v) is 3.23. The molecule has 1 atom stereocenters. The van der Waals surface area contributed by atoms with E-state index in [0.717, 1.165) is 11.5 Å². The molecule has 0 aliphatic carbocycles. The van der Waals surface area contributed by atoms with E-state index in [1.165, 1.54) is 0 Å². The van der Waals surface area contributed by atoms with Gasteiger partial charge in [0.15, 0.2) is 0 Å². The van der Waals surface area contributed by atoms with Gasteiger partial charge in [0.05, 0.1) is 13.7 Å². The van der Waals surface area contributed by atoms with Gasteiger partial charge in [0, 0.05) is 18.2 Å². The highest BCUT2D eigenvalue weighted by Gasteiger charge is 2.26. The molecule has 1 aromatic carbocycles. The minimum Gasteiger partial charge on any atom is -0.497 e. The Morgan fingerprint density at radius 1 is 1.33 bits per heavy atom. The van der Waals surface area contributed by atoms with E-state index in [2.05, 4.69) is 12.6 Å². The molecule has 0 N–H and O–H groups in total. The van der Waals surface area contributed by atoms with Crippen LogP contribution in [0, 0.1) is 0 Å². The number of amides is 1. The average Bonchev–Trinajstić information content (AvgIpc) is 2.69. The van der Waals surface area contributed by atoms with E-state index in [9.17, 15) is 4.79 Å². The quantitative estimate of drug-likeness (QED) is 0.824. The Morgan fingerprint density at radius 2 is 2.00 bits per heavy atom. The molecule has 1 amide bonds. The molecule has 1 aliphatic rings. The molecule has 0 saturated carbocycles. The lowest BCUT2D eigenvalue weighted by atomic mass is 10.3. The van der Waals surface area contributed by atoms with Gasteiger partial charge in [0.25, 0.3) is 0 Å². The molecule has 0 bridgehead atoms. The highest BCUT2D eigenvalue weighted by Crippen LogP contribution is 2.18. The Hall–Kier alpha value is -1.36. The van der Waals surface area contributed by atoms with Gasteiger partial charge in [0.1, 0.15) is 18.1 Å². The maximum absolute atomic E-state index is 11.5. The number of carbonyl (C=O) groups excluding carboxylic acids is 1. The summed E-state index contributed by atoms with van der Waals surface area (Å²) in [6.07, 6.45) is 0.533. The van der Waals surface area contributed by atoms with Crippen LogP contribution in [-0.2, 0) is 4.79 Å². The van der Waals surface area contributed by atoms with Gasteiger partial charge >= 0.3 is 0 Å². The molecular weight excluding hydrogens is 250 g/mol. The van der Waals surface area contributed by atoms with Crippen molar-refractivity contribution in [2.75, 3.05) is 26.8 Å². The van der Waals surface area contributed by atoms with E-state index in [1.807, 2.05) is 24.3 Å². The minimum atomic E-state index is 0.160. The van der Waals surface area contributed by atoms with Crippen molar-refractivity contribution in [3.63, 3.8) is 0 Å². The lowest BCUT2D eigenvalue weighted by molar-refractivity contribution is -0.127. The lowest BCUT2D eigenvalue weighted by Crippen LogP contribution is -2.29. The standard InChI is InChI=1S/C13H17NO3S/c1-16-10-2-4-11(5-3-10)17-7-6-14-9-12(18)8-13(14)15/h2-5,12,18H,6-9H2,1H3. The van der Waals surface area contributed by atoms with Crippen molar-refractivity contribution in [3.8, 4) is 11.5 Å². The van der Waals surface area contributed by atoms with E-state index in [-0.39, 0.29) is 11.2 Å². The van der Waals surface area contributed by atoms with E-state index >= 15 is 0 Å². The summed E-state index contributed by atoms with van der Waals surface area (Å²) in [6, 6.07) is 7.40. The topological polar surface area (TPSA) is 38.8 Å². The molecule has 2 rings (SSSR count). The molecular formula is C13H17NO3S. The second kappa shape index (κ2) is 6.00. The number of benzene rings is 1. The smallest absolute Gasteiger partial charge is 0.223 e. The number of likely N-dealkylation sites (tertiary alicyclic amines) is 1. The number of thiol groups is 1. The largest absolute Gasteiger partial charge is 0.497 e. The summed E-state index contributed by atoms with van der Waals surface area (Å²) in [5, 5.41) is 0.165. The first kappa shape index (κ1) is 13.1. The van der Waals surface area contributed by atoms with Crippen LogP contribution in [0.25, 0.3) is 0 Å². The van der Waals surface area contributed by atoms with Gasteiger partial charge in [-0.25, -0.2) is 0 Å². The van der Waals surface area contributed by atoms with Crippen molar-refractivity contribution < 1.29 is 14.3 Å². The van der Waals surface area contributed by atoms with Crippen LogP contribution in [0.3, 0.4) is 0 Å². The molecule has 0 radical (unpaired) electrons. The van der Waals surface area contributed by atoms with Crippen molar-refractivity contribution in [1.82, 2.24) is 4.90 Å². The van der Waals surface area contributed by atoms with Crippen LogP contribution >= 0.6 is 12.6 Å². The predicted molar refractivity (Wildman–Crippen MR) is 72.5 cm³/mol. The second-order valence-electron chi connectivity index (χ2n) is 4.22. The van der Waals surface area contributed by atoms with Gasteiger partial charge < -0.3 is 14.4 Å². The van der Waals surface area contributed by atoms with Crippen molar-refractivity contribution in [2.24, 2.45) is 0 Å². The number of nitrogens with zero attached hydrogens (tertiary/aromatic N) is 1. The van der Waals surface area contributed by atoms with E-state index in [4.69, 9.17) is 9.47 Å². The zero-order chi connectivity index (χ0) is 13.0. The summed E-state index contributed by atoms with van der Waals surface area (Å²) >= 11 is 4.31. The number of hydrogen-bond acceptors (Lipinski definition) is 4. The zero-order valence-corrected chi connectivity index (χ0v) is 11.2. The third-order valence-electron chi connectivity index (χ3n) is 2.88. The molecule has 98 valence electrons. The molecule has 0 aromatic heterocycles. The number of methoxy groups -OCH3 is 1. The molecule has 5 heteroatoms. The SMILES string of the molecule is COc1ccc(OCCN2CC(S)CC2=O)cc1. The monoisotopic (exact) mass is 267 g/mol. The summed E-state index contributed by atoms with van der Waals surface area (Å²) in [7, 11) is 1.63. The summed E-state index contributed by atoms with van der Waals surface area (Å²) in [4.78, 5) is 13.3. The lowest BCUT2D eigenvalue weighted by Gasteiger charge is -2.16. The number of carbonyl (C=O) groups is 1. The third kappa shape index (κ3) is 3.32. The van der Waals surface area contributed by atoms with Crippen molar-refractivity contribution in [3.05, 3.63) is 24.3 Å². The first-order valence-electron chi connectivity index (χ1n) is 5.91. The van der Waals surface area contributed by atoms with Crippen LogP contribution in [0.5, 0.6) is 11.5 Å². The predicted octanol–water partition coefficient (Wildman–Crippen LogP) is 1.60. The van der Waals surface area contributed by atoms with Crippen LogP contribution in [0.2, 0.25) is 0 Å². The van der Waals surface area contributed by atoms with E-state index in [1.54, 1.807) is 12.0 Å². The average molecular weight is 267 g/mol. The van der Waals surface area contributed by atoms with Crippen LogP contribution < -0.4 is 9.47 Å². The van der Waals surface area contributed by atoms with Crippen molar-refractivity contribution >= 4 is 18.5 Å². The Labute approximate surface area is 112 Å². The second-order valence-corrected chi connectivity index (χ2v) is 4.95. The Balaban J connectivity index is 1.76.